The van der Waals surface area contributed by atoms with E-state index in [4.69, 9.17) is 4.98 Å². The van der Waals surface area contributed by atoms with E-state index in [0.717, 1.165) is 33.8 Å². The van der Waals surface area contributed by atoms with E-state index in [9.17, 15) is 0 Å². The number of fused-ring (bicyclic) bond motifs is 5. The minimum atomic E-state index is 0.890. The molecule has 0 bridgehead atoms. The van der Waals surface area contributed by atoms with Crippen LogP contribution in [0.4, 0.5) is 0 Å². The number of aromatic nitrogens is 3. The molecule has 0 aliphatic heterocycles. The van der Waals surface area contributed by atoms with E-state index in [2.05, 4.69) is 149 Å². The number of pyridine rings is 1. The van der Waals surface area contributed by atoms with Gasteiger partial charge in [0.15, 0.2) is 0 Å². The molecule has 3 heterocycles. The highest BCUT2D eigenvalue weighted by Gasteiger charge is 2.20. The lowest BCUT2D eigenvalue weighted by molar-refractivity contribution is 0.983. The summed E-state index contributed by atoms with van der Waals surface area (Å²) in [6, 6.07) is 47.3. The maximum atomic E-state index is 5.39. The Morgan fingerprint density at radius 1 is 0.421 bits per heavy atom. The predicted octanol–water partition coefficient (Wildman–Crippen LogP) is 8.92. The Morgan fingerprint density at radius 3 is 1.76 bits per heavy atom. The summed E-state index contributed by atoms with van der Waals surface area (Å²) in [7, 11) is 0. The van der Waals surface area contributed by atoms with Crippen LogP contribution in [-0.2, 0) is 0 Å². The lowest BCUT2D eigenvalue weighted by Crippen LogP contribution is -2.00. The van der Waals surface area contributed by atoms with Crippen molar-refractivity contribution in [2.24, 2.45) is 0 Å². The van der Waals surface area contributed by atoms with Crippen LogP contribution < -0.4 is 0 Å². The zero-order valence-electron chi connectivity index (χ0n) is 20.6. The summed E-state index contributed by atoms with van der Waals surface area (Å²) in [6.07, 6.45) is 2.12. The maximum Gasteiger partial charge on any atom is 0.220 e. The predicted molar refractivity (Wildman–Crippen MR) is 158 cm³/mol. The third kappa shape index (κ3) is 2.99. The number of nitrogens with zero attached hydrogens (tertiary/aromatic N) is 3. The molecule has 0 amide bonds. The fourth-order valence-corrected chi connectivity index (χ4v) is 5.90. The highest BCUT2D eigenvalue weighted by molar-refractivity contribution is 6.09. The molecule has 0 saturated carbocycles. The van der Waals surface area contributed by atoms with Crippen molar-refractivity contribution in [3.8, 4) is 28.3 Å². The van der Waals surface area contributed by atoms with Crippen molar-refractivity contribution >= 4 is 38.1 Å². The molecule has 3 heteroatoms. The number of para-hydroxylation sites is 2. The number of hydrogen-bond donors (Lipinski definition) is 0. The average molecular weight is 486 g/mol. The largest absolute Gasteiger partial charge is 0.285 e. The number of hydrogen-bond acceptors (Lipinski definition) is 1. The highest BCUT2D eigenvalue weighted by atomic mass is 15.2. The van der Waals surface area contributed by atoms with Gasteiger partial charge in [0.05, 0.1) is 22.2 Å². The van der Waals surface area contributed by atoms with Crippen molar-refractivity contribution in [3.63, 3.8) is 0 Å². The van der Waals surface area contributed by atoms with Gasteiger partial charge in [-0.05, 0) is 46.2 Å². The summed E-state index contributed by atoms with van der Waals surface area (Å²) in [4.78, 5) is 5.39. The monoisotopic (exact) mass is 485 g/mol. The molecule has 3 aromatic heterocycles. The van der Waals surface area contributed by atoms with Crippen LogP contribution in [0.3, 0.4) is 0 Å². The highest BCUT2D eigenvalue weighted by Crippen LogP contribution is 2.39. The first-order chi connectivity index (χ1) is 18.9. The second-order valence-electron chi connectivity index (χ2n) is 9.66. The molecule has 8 aromatic rings. The quantitative estimate of drug-likeness (QED) is 0.245. The Bertz CT molecular complexity index is 2090. The van der Waals surface area contributed by atoms with Crippen LogP contribution >= 0.6 is 0 Å². The molecule has 5 aromatic carbocycles. The lowest BCUT2D eigenvalue weighted by atomic mass is 9.93. The Balaban J connectivity index is 1.45. The summed E-state index contributed by atoms with van der Waals surface area (Å²) < 4.78 is 4.51. The van der Waals surface area contributed by atoms with Gasteiger partial charge in [0.2, 0.25) is 5.95 Å². The maximum absolute atomic E-state index is 5.39. The fourth-order valence-electron chi connectivity index (χ4n) is 5.90. The number of benzene rings is 5. The van der Waals surface area contributed by atoms with Gasteiger partial charge in [-0.1, -0.05) is 109 Å². The molecule has 8 rings (SSSR count). The molecule has 0 saturated heterocycles. The SMILES string of the molecule is c1ccc(-c2nc(-n3c4ccccc4c4ccccc43)n3ccccc23)c(-c2cccc3ccccc23)c1. The van der Waals surface area contributed by atoms with Crippen LogP contribution in [0.5, 0.6) is 0 Å². The molecular weight excluding hydrogens is 462 g/mol. The number of imidazole rings is 1. The topological polar surface area (TPSA) is 22.2 Å². The third-order valence-corrected chi connectivity index (χ3v) is 7.57. The molecule has 0 spiro atoms. The molecule has 0 N–H and O–H groups in total. The van der Waals surface area contributed by atoms with Gasteiger partial charge in [-0.3, -0.25) is 8.97 Å². The standard InChI is InChI=1S/C35H23N3/c1-2-14-25-24(12-1)13-11-19-26(25)27-15-3-4-18-30(27)34-33-22-9-10-23-37(33)35(36-34)38-31-20-7-5-16-28(31)29-17-6-8-21-32(29)38/h1-23H. The van der Waals surface area contributed by atoms with Crippen molar-refractivity contribution in [1.29, 1.82) is 0 Å². The lowest BCUT2D eigenvalue weighted by Gasteiger charge is -2.11. The van der Waals surface area contributed by atoms with Crippen LogP contribution in [0.2, 0.25) is 0 Å². The first kappa shape index (κ1) is 21.0. The minimum absolute atomic E-state index is 0.890. The molecule has 38 heavy (non-hydrogen) atoms. The second-order valence-corrected chi connectivity index (χ2v) is 9.66. The van der Waals surface area contributed by atoms with Crippen molar-refractivity contribution in [1.82, 2.24) is 14.0 Å². The van der Waals surface area contributed by atoms with Crippen molar-refractivity contribution < 1.29 is 0 Å². The summed E-state index contributed by atoms with van der Waals surface area (Å²) in [5, 5.41) is 4.94. The summed E-state index contributed by atoms with van der Waals surface area (Å²) >= 11 is 0. The number of rotatable bonds is 3. The molecule has 0 fully saturated rings. The first-order valence-corrected chi connectivity index (χ1v) is 12.9. The van der Waals surface area contributed by atoms with E-state index in [-0.39, 0.29) is 0 Å². The van der Waals surface area contributed by atoms with Gasteiger partial charge < -0.3 is 0 Å². The third-order valence-electron chi connectivity index (χ3n) is 7.57. The van der Waals surface area contributed by atoms with E-state index >= 15 is 0 Å². The molecule has 0 unspecified atom stereocenters. The summed E-state index contributed by atoms with van der Waals surface area (Å²) in [5.74, 6) is 0.890. The summed E-state index contributed by atoms with van der Waals surface area (Å²) in [6.45, 7) is 0. The van der Waals surface area contributed by atoms with Crippen LogP contribution in [0.1, 0.15) is 0 Å². The van der Waals surface area contributed by atoms with Gasteiger partial charge >= 0.3 is 0 Å². The van der Waals surface area contributed by atoms with Gasteiger partial charge in [0.1, 0.15) is 0 Å². The minimum Gasteiger partial charge on any atom is -0.285 e. The van der Waals surface area contributed by atoms with E-state index in [1.165, 1.54) is 32.7 Å². The molecule has 0 atom stereocenters. The van der Waals surface area contributed by atoms with Crippen molar-refractivity contribution in [3.05, 3.63) is 140 Å². The average Bonchev–Trinajstić information content (AvgIpc) is 3.53. The fraction of sp³-hybridized carbons (Fsp3) is 0. The van der Waals surface area contributed by atoms with Crippen LogP contribution in [0.25, 0.3) is 66.4 Å². The van der Waals surface area contributed by atoms with Gasteiger partial charge in [0, 0.05) is 22.5 Å². The van der Waals surface area contributed by atoms with E-state index in [1.54, 1.807) is 0 Å². The molecule has 3 nitrogen and oxygen atoms in total. The zero-order chi connectivity index (χ0) is 25.1. The van der Waals surface area contributed by atoms with Crippen molar-refractivity contribution in [2.45, 2.75) is 0 Å². The smallest absolute Gasteiger partial charge is 0.220 e. The Hall–Kier alpha value is -5.15. The normalized spacial score (nSPS) is 11.7. The van der Waals surface area contributed by atoms with Gasteiger partial charge in [-0.15, -0.1) is 0 Å². The molecule has 0 aliphatic carbocycles. The first-order valence-electron chi connectivity index (χ1n) is 12.9. The van der Waals surface area contributed by atoms with E-state index < -0.39 is 0 Å². The van der Waals surface area contributed by atoms with Gasteiger partial charge in [0.25, 0.3) is 0 Å². The van der Waals surface area contributed by atoms with E-state index in [0.29, 0.717) is 0 Å². The molecule has 178 valence electrons. The Kier molecular flexibility index (Phi) is 4.52. The van der Waals surface area contributed by atoms with Gasteiger partial charge in [-0.2, -0.15) is 0 Å². The van der Waals surface area contributed by atoms with E-state index in [1.807, 2.05) is 0 Å². The Labute approximate surface area is 219 Å². The Morgan fingerprint density at radius 2 is 0.974 bits per heavy atom. The molecular formula is C35H23N3. The molecule has 0 radical (unpaired) electrons. The van der Waals surface area contributed by atoms with Crippen LogP contribution in [0.15, 0.2) is 140 Å². The van der Waals surface area contributed by atoms with Crippen molar-refractivity contribution in [2.75, 3.05) is 0 Å². The molecule has 0 aliphatic rings. The zero-order valence-corrected chi connectivity index (χ0v) is 20.6. The van der Waals surface area contributed by atoms with Crippen LogP contribution in [-0.4, -0.2) is 14.0 Å². The van der Waals surface area contributed by atoms with Crippen LogP contribution in [0, 0.1) is 0 Å². The summed E-state index contributed by atoms with van der Waals surface area (Å²) in [5.41, 5.74) is 7.88. The second kappa shape index (κ2) is 8.19. The van der Waals surface area contributed by atoms with Gasteiger partial charge in [-0.25, -0.2) is 4.98 Å².